The number of anilines is 1. The predicted molar refractivity (Wildman–Crippen MR) is 81.0 cm³/mol. The third-order valence-corrected chi connectivity index (χ3v) is 2.30. The summed E-state index contributed by atoms with van der Waals surface area (Å²) in [6, 6.07) is 7.04. The molecule has 0 heterocycles. The van der Waals surface area contributed by atoms with Gasteiger partial charge < -0.3 is 28.7 Å². The maximum atomic E-state index is 10.5. The quantitative estimate of drug-likeness (QED) is 0.709. The molecule has 1 N–H and O–H groups in total. The van der Waals surface area contributed by atoms with Gasteiger partial charge in [-0.25, -0.2) is 0 Å². The normalized spacial score (nSPS) is 9.65. The first-order chi connectivity index (χ1) is 8.78. The Kier molecular flexibility index (Phi) is 11.5. The van der Waals surface area contributed by atoms with E-state index in [4.69, 9.17) is 4.74 Å². The Morgan fingerprint density at radius 3 is 2.00 bits per heavy atom. The summed E-state index contributed by atoms with van der Waals surface area (Å²) in [4.78, 5) is 10.5. The summed E-state index contributed by atoms with van der Waals surface area (Å²) < 4.78 is 4.95. The maximum Gasteiger partial charge on any atom is 2.00 e. The first kappa shape index (κ1) is 21.3. The molecule has 1 aromatic carbocycles. The van der Waals surface area contributed by atoms with Gasteiger partial charge in [-0.2, -0.15) is 6.42 Å². The number of hydrogen-bond donors (Lipinski definition) is 1. The van der Waals surface area contributed by atoms with Crippen molar-refractivity contribution in [1.82, 2.24) is 0 Å². The second-order valence-electron chi connectivity index (χ2n) is 5.44. The van der Waals surface area contributed by atoms with Crippen LogP contribution in [0.1, 0.15) is 33.6 Å². The van der Waals surface area contributed by atoms with Crippen LogP contribution in [0, 0.1) is 19.3 Å². The smallest absolute Gasteiger partial charge is 0.497 e. The van der Waals surface area contributed by atoms with Crippen molar-refractivity contribution < 1.29 is 30.6 Å². The molecule has 0 saturated heterocycles. The number of nitrogens with one attached hydrogen (secondary N) is 1. The van der Waals surface area contributed by atoms with Crippen molar-refractivity contribution in [3.05, 3.63) is 38.1 Å². The molecule has 0 aliphatic carbocycles. The van der Waals surface area contributed by atoms with E-state index in [1.54, 1.807) is 31.4 Å². The van der Waals surface area contributed by atoms with Crippen LogP contribution in [-0.4, -0.2) is 13.0 Å². The second kappa shape index (κ2) is 10.8. The molecule has 0 bridgehead atoms. The van der Waals surface area contributed by atoms with Crippen LogP contribution in [0.15, 0.2) is 24.3 Å². The SMILES string of the molecule is [CH2-]C(=O)Nc1ccc(OC)cc1.[CH2-]CCC(C)(C)C.[W+2]. The topological polar surface area (TPSA) is 38.3 Å². The first-order valence-corrected chi connectivity index (χ1v) is 6.34. The minimum atomic E-state index is -0.319. The molecule has 0 aliphatic rings. The molecule has 4 heteroatoms. The Balaban J connectivity index is 0. The van der Waals surface area contributed by atoms with Gasteiger partial charge in [-0.1, -0.05) is 27.2 Å². The molecular formula is C16H25NO2W. The van der Waals surface area contributed by atoms with Crippen molar-refractivity contribution in [2.75, 3.05) is 12.4 Å². The molecule has 0 fully saturated rings. The number of amides is 1. The Hall–Kier alpha value is -0.952. The molecule has 0 spiro atoms. The van der Waals surface area contributed by atoms with Crippen LogP contribution in [0.4, 0.5) is 5.69 Å². The maximum absolute atomic E-state index is 10.5. The van der Waals surface area contributed by atoms with Crippen molar-refractivity contribution in [2.24, 2.45) is 5.41 Å². The van der Waals surface area contributed by atoms with E-state index < -0.39 is 0 Å². The third kappa shape index (κ3) is 12.1. The summed E-state index contributed by atoms with van der Waals surface area (Å²) in [5.41, 5.74) is 1.21. The summed E-state index contributed by atoms with van der Waals surface area (Å²) in [6.07, 6.45) is 2.29. The van der Waals surface area contributed by atoms with E-state index in [9.17, 15) is 4.79 Å². The van der Waals surface area contributed by atoms with Crippen molar-refractivity contribution >= 4 is 11.6 Å². The number of carbonyl (C=O) groups excluding carboxylic acids is 1. The number of benzene rings is 1. The van der Waals surface area contributed by atoms with E-state index in [1.165, 1.54) is 6.42 Å². The van der Waals surface area contributed by atoms with Crippen LogP contribution < -0.4 is 10.1 Å². The van der Waals surface area contributed by atoms with Gasteiger partial charge in [-0.05, 0) is 29.7 Å². The Bertz CT molecular complexity index is 369. The van der Waals surface area contributed by atoms with Crippen molar-refractivity contribution in [2.45, 2.75) is 33.6 Å². The number of ether oxygens (including phenoxy) is 1. The largest absolute Gasteiger partial charge is 2.00 e. The standard InChI is InChI=1S/C9H10NO2.C7H15.W/c1-7(11)10-8-3-5-9(12-2)6-4-8;1-5-6-7(2,3)4;/h3-6H,1H2,2H3,(H,10,11);1,5-6H2,2-4H3;/q2*-1;+2. The van der Waals surface area contributed by atoms with Crippen molar-refractivity contribution in [3.63, 3.8) is 0 Å². The molecule has 0 aromatic heterocycles. The molecule has 0 unspecified atom stereocenters. The van der Waals surface area contributed by atoms with Gasteiger partial charge in [-0.15, -0.1) is 0 Å². The van der Waals surface area contributed by atoms with Gasteiger partial charge in [0.2, 0.25) is 0 Å². The fourth-order valence-corrected chi connectivity index (χ4v) is 1.37. The molecule has 0 saturated carbocycles. The van der Waals surface area contributed by atoms with Crippen molar-refractivity contribution in [3.8, 4) is 5.75 Å². The van der Waals surface area contributed by atoms with Gasteiger partial charge in [0.05, 0.1) is 13.0 Å². The van der Waals surface area contributed by atoms with Crippen LogP contribution in [-0.2, 0) is 25.9 Å². The second-order valence-corrected chi connectivity index (χ2v) is 5.44. The van der Waals surface area contributed by atoms with Gasteiger partial charge >= 0.3 is 21.1 Å². The van der Waals surface area contributed by atoms with Crippen LogP contribution in [0.2, 0.25) is 0 Å². The average Bonchev–Trinajstić information content (AvgIpc) is 2.28. The monoisotopic (exact) mass is 447 g/mol. The van der Waals surface area contributed by atoms with Gasteiger partial charge in [-0.3, -0.25) is 0 Å². The number of rotatable bonds is 3. The minimum absolute atomic E-state index is 0. The average molecular weight is 447 g/mol. The van der Waals surface area contributed by atoms with Crippen LogP contribution >= 0.6 is 0 Å². The molecule has 3 nitrogen and oxygen atoms in total. The van der Waals surface area contributed by atoms with Crippen LogP contribution in [0.5, 0.6) is 5.75 Å². The fraction of sp³-hybridized carbons (Fsp3) is 0.438. The molecule has 0 radical (unpaired) electrons. The Morgan fingerprint density at radius 2 is 1.75 bits per heavy atom. The van der Waals surface area contributed by atoms with Crippen LogP contribution in [0.3, 0.4) is 0 Å². The number of hydrogen-bond acceptors (Lipinski definition) is 2. The molecule has 112 valence electrons. The molecule has 1 rings (SSSR count). The Labute approximate surface area is 137 Å². The fourth-order valence-electron chi connectivity index (χ4n) is 1.37. The zero-order chi connectivity index (χ0) is 14.9. The number of carbonyl (C=O) groups is 1. The van der Waals surface area contributed by atoms with E-state index in [-0.39, 0.29) is 27.0 Å². The molecule has 1 amide bonds. The summed E-state index contributed by atoms with van der Waals surface area (Å²) in [7, 11) is 1.59. The van der Waals surface area contributed by atoms with Gasteiger partial charge in [0, 0.05) is 5.69 Å². The molecule has 0 atom stereocenters. The van der Waals surface area contributed by atoms with Gasteiger partial charge in [0.25, 0.3) is 0 Å². The minimum Gasteiger partial charge on any atom is -0.497 e. The zero-order valence-corrected chi connectivity index (χ0v) is 15.8. The zero-order valence-electron chi connectivity index (χ0n) is 12.9. The van der Waals surface area contributed by atoms with E-state index in [2.05, 4.69) is 39.9 Å². The summed E-state index contributed by atoms with van der Waals surface area (Å²) >= 11 is 0. The molecule has 20 heavy (non-hydrogen) atoms. The van der Waals surface area contributed by atoms with E-state index in [0.717, 1.165) is 17.9 Å². The van der Waals surface area contributed by atoms with E-state index in [1.807, 2.05) is 0 Å². The Morgan fingerprint density at radius 1 is 1.25 bits per heavy atom. The third-order valence-electron chi connectivity index (χ3n) is 2.30. The van der Waals surface area contributed by atoms with E-state index >= 15 is 0 Å². The van der Waals surface area contributed by atoms with Gasteiger partial charge in [0.1, 0.15) is 5.75 Å². The van der Waals surface area contributed by atoms with Gasteiger partial charge in [0.15, 0.2) is 0 Å². The van der Waals surface area contributed by atoms with Crippen LogP contribution in [0.25, 0.3) is 0 Å². The first-order valence-electron chi connectivity index (χ1n) is 6.34. The van der Waals surface area contributed by atoms with Crippen molar-refractivity contribution in [1.29, 1.82) is 0 Å². The number of methoxy groups -OCH3 is 1. The molecular weight excluding hydrogens is 422 g/mol. The summed E-state index contributed by atoms with van der Waals surface area (Å²) in [5.74, 6) is 0.442. The summed E-state index contributed by atoms with van der Waals surface area (Å²) in [6.45, 7) is 13.7. The molecule has 1 aromatic rings. The molecule has 0 aliphatic heterocycles. The van der Waals surface area contributed by atoms with E-state index in [0.29, 0.717) is 5.41 Å². The predicted octanol–water partition coefficient (Wildman–Crippen LogP) is 4.11. The summed E-state index contributed by atoms with van der Waals surface area (Å²) in [5, 5.41) is 2.55.